The number of hydrogen-bond donors (Lipinski definition) is 1. The van der Waals surface area contributed by atoms with Crippen molar-refractivity contribution in [1.29, 1.82) is 0 Å². The van der Waals surface area contributed by atoms with Crippen LogP contribution < -0.4 is 10.1 Å². The topological polar surface area (TPSA) is 60.3 Å². The third-order valence-corrected chi connectivity index (χ3v) is 6.10. The van der Waals surface area contributed by atoms with Crippen molar-refractivity contribution in [3.63, 3.8) is 0 Å². The molecule has 0 amide bonds. The van der Waals surface area contributed by atoms with Gasteiger partial charge in [0.2, 0.25) is 0 Å². The van der Waals surface area contributed by atoms with Gasteiger partial charge < -0.3 is 10.1 Å². The van der Waals surface area contributed by atoms with Gasteiger partial charge in [-0.3, -0.25) is 0 Å². The molecule has 3 aromatic rings. The van der Waals surface area contributed by atoms with Gasteiger partial charge in [0.1, 0.15) is 17.3 Å². The van der Waals surface area contributed by atoms with Crippen molar-refractivity contribution in [1.82, 2.24) is 9.29 Å². The van der Waals surface area contributed by atoms with E-state index in [9.17, 15) is 21.6 Å². The molecule has 11 heteroatoms. The summed E-state index contributed by atoms with van der Waals surface area (Å²) in [5.74, 6) is -4.10. The van der Waals surface area contributed by atoms with Crippen molar-refractivity contribution in [3.8, 4) is 17.0 Å². The smallest absolute Gasteiger partial charge is 0.268 e. The molecule has 30 heavy (non-hydrogen) atoms. The summed E-state index contributed by atoms with van der Waals surface area (Å²) in [6, 6.07) is 6.72. The van der Waals surface area contributed by atoms with Gasteiger partial charge in [-0.25, -0.2) is 25.6 Å². The fraction of sp³-hybridized carbons (Fsp3) is 0.158. The zero-order chi connectivity index (χ0) is 21.3. The van der Waals surface area contributed by atoms with Crippen LogP contribution in [0.2, 0.25) is 5.02 Å². The Morgan fingerprint density at radius 1 is 1.13 bits per heavy atom. The molecule has 0 saturated heterocycles. The summed E-state index contributed by atoms with van der Waals surface area (Å²) in [6.45, 7) is 0.132. The Morgan fingerprint density at radius 3 is 2.40 bits per heavy atom. The molecule has 1 heterocycles. The maximum Gasteiger partial charge on any atom is 0.268 e. The Balaban J connectivity index is 0.00000320. The maximum atomic E-state index is 14.6. The number of rotatable bonds is 6. The lowest BCUT2D eigenvalue weighted by Crippen LogP contribution is -2.14. The molecule has 0 fully saturated rings. The van der Waals surface area contributed by atoms with Crippen molar-refractivity contribution in [2.45, 2.75) is 11.4 Å². The average Bonchev–Trinajstić information content (AvgIpc) is 3.04. The average molecular weight is 481 g/mol. The molecule has 2 aromatic carbocycles. The fourth-order valence-corrected chi connectivity index (χ4v) is 4.65. The molecule has 0 spiro atoms. The van der Waals surface area contributed by atoms with Gasteiger partial charge in [-0.05, 0) is 37.4 Å². The Kier molecular flexibility index (Phi) is 7.46. The number of methoxy groups -OCH3 is 1. The maximum absolute atomic E-state index is 14.6. The van der Waals surface area contributed by atoms with Crippen LogP contribution in [0.15, 0.2) is 47.5 Å². The summed E-state index contributed by atoms with van der Waals surface area (Å²) in [7, 11) is -1.52. The molecule has 1 N–H and O–H groups in total. The molecule has 1 aromatic heterocycles. The van der Waals surface area contributed by atoms with Crippen LogP contribution in [0, 0.1) is 17.5 Å². The van der Waals surface area contributed by atoms with Crippen LogP contribution in [-0.4, -0.2) is 26.5 Å². The number of halogens is 5. The molecule has 0 aliphatic rings. The van der Waals surface area contributed by atoms with Crippen LogP contribution in [0.4, 0.5) is 13.2 Å². The first-order chi connectivity index (χ1) is 13.7. The third-order valence-electron chi connectivity index (χ3n) is 4.21. The molecule has 0 aliphatic heterocycles. The zero-order valence-corrected chi connectivity index (χ0v) is 18.1. The predicted octanol–water partition coefficient (Wildman–Crippen LogP) is 4.61. The molecular formula is C19H17Cl2F3N2O3S. The van der Waals surface area contributed by atoms with Crippen LogP contribution in [-0.2, 0) is 16.6 Å². The summed E-state index contributed by atoms with van der Waals surface area (Å²) >= 11 is 5.90. The predicted molar refractivity (Wildman–Crippen MR) is 110 cm³/mol. The summed E-state index contributed by atoms with van der Waals surface area (Å²) in [5, 5.41) is 2.98. The summed E-state index contributed by atoms with van der Waals surface area (Å²) < 4.78 is 75.5. The number of benzene rings is 2. The van der Waals surface area contributed by atoms with Crippen LogP contribution in [0.5, 0.6) is 5.75 Å². The van der Waals surface area contributed by atoms with Gasteiger partial charge >= 0.3 is 0 Å². The van der Waals surface area contributed by atoms with E-state index in [-0.39, 0.29) is 34.6 Å². The molecule has 0 unspecified atom stereocenters. The minimum atomic E-state index is -4.35. The normalized spacial score (nSPS) is 11.3. The van der Waals surface area contributed by atoms with E-state index in [1.165, 1.54) is 37.6 Å². The molecule has 0 radical (unpaired) electrons. The quantitative estimate of drug-likeness (QED) is 0.523. The van der Waals surface area contributed by atoms with Crippen molar-refractivity contribution in [2.24, 2.45) is 0 Å². The molecule has 0 saturated carbocycles. The Bertz CT molecular complexity index is 1180. The molecule has 0 atom stereocenters. The highest BCUT2D eigenvalue weighted by Crippen LogP contribution is 2.40. The lowest BCUT2D eigenvalue weighted by molar-refractivity contribution is 0.410. The molecular weight excluding hydrogens is 464 g/mol. The Labute approximate surface area is 182 Å². The van der Waals surface area contributed by atoms with Gasteiger partial charge in [-0.15, -0.1) is 12.4 Å². The van der Waals surface area contributed by atoms with Crippen LogP contribution in [0.1, 0.15) is 5.56 Å². The molecule has 0 bridgehead atoms. The highest BCUT2D eigenvalue weighted by Gasteiger charge is 2.31. The van der Waals surface area contributed by atoms with E-state index in [2.05, 4.69) is 5.32 Å². The number of nitrogens with zero attached hydrogens (tertiary/aromatic N) is 1. The van der Waals surface area contributed by atoms with Crippen LogP contribution in [0.3, 0.4) is 0 Å². The largest absolute Gasteiger partial charge is 0.494 e. The van der Waals surface area contributed by atoms with Crippen LogP contribution >= 0.6 is 24.0 Å². The standard InChI is InChI=1S/C19H16ClF3N2O3S.ClH/c1-24-9-11-10-25(29(26,27)13-5-3-4-12(20)8-13)18(19(11)28-2)16-14(21)6-7-15(22)17(16)23;/h3-8,10,24H,9H2,1-2H3;1H. The first kappa shape index (κ1) is 24.1. The SMILES string of the molecule is CNCc1cn(S(=O)(=O)c2cccc(Cl)c2)c(-c2c(F)ccc(F)c2F)c1OC.Cl. The van der Waals surface area contributed by atoms with E-state index in [0.29, 0.717) is 21.7 Å². The number of aromatic nitrogens is 1. The van der Waals surface area contributed by atoms with Gasteiger partial charge in [0, 0.05) is 23.3 Å². The first-order valence-corrected chi connectivity index (χ1v) is 10.1. The lowest BCUT2D eigenvalue weighted by Gasteiger charge is -2.14. The number of hydrogen-bond acceptors (Lipinski definition) is 4. The Hall–Kier alpha value is -2.20. The monoisotopic (exact) mass is 480 g/mol. The fourth-order valence-electron chi connectivity index (χ4n) is 2.96. The van der Waals surface area contributed by atoms with Gasteiger partial charge in [0.05, 0.1) is 17.6 Å². The summed E-state index contributed by atoms with van der Waals surface area (Å²) in [5.41, 5.74) is -1.01. The van der Waals surface area contributed by atoms with E-state index < -0.39 is 38.7 Å². The highest BCUT2D eigenvalue weighted by atomic mass is 35.5. The molecule has 0 aliphatic carbocycles. The number of ether oxygens (including phenoxy) is 1. The molecule has 162 valence electrons. The Morgan fingerprint density at radius 2 is 1.80 bits per heavy atom. The van der Waals surface area contributed by atoms with Crippen molar-refractivity contribution < 1.29 is 26.3 Å². The van der Waals surface area contributed by atoms with Crippen molar-refractivity contribution >= 4 is 34.0 Å². The highest BCUT2D eigenvalue weighted by molar-refractivity contribution is 7.90. The van der Waals surface area contributed by atoms with E-state index in [4.69, 9.17) is 16.3 Å². The summed E-state index contributed by atoms with van der Waals surface area (Å²) in [6.07, 6.45) is 1.17. The second-order valence-corrected chi connectivity index (χ2v) is 8.29. The summed E-state index contributed by atoms with van der Waals surface area (Å²) in [4.78, 5) is -0.211. The van der Waals surface area contributed by atoms with E-state index in [1.54, 1.807) is 7.05 Å². The minimum absolute atomic E-state index is 0. The van der Waals surface area contributed by atoms with Crippen molar-refractivity contribution in [3.05, 3.63) is 70.6 Å². The van der Waals surface area contributed by atoms with E-state index in [0.717, 1.165) is 0 Å². The lowest BCUT2D eigenvalue weighted by atomic mass is 10.1. The van der Waals surface area contributed by atoms with Gasteiger partial charge in [0.25, 0.3) is 10.0 Å². The van der Waals surface area contributed by atoms with E-state index >= 15 is 0 Å². The zero-order valence-electron chi connectivity index (χ0n) is 15.7. The van der Waals surface area contributed by atoms with Crippen molar-refractivity contribution in [2.75, 3.05) is 14.2 Å². The van der Waals surface area contributed by atoms with Gasteiger partial charge in [-0.1, -0.05) is 17.7 Å². The third kappa shape index (κ3) is 4.15. The molecule has 5 nitrogen and oxygen atoms in total. The second kappa shape index (κ2) is 9.30. The molecule has 3 rings (SSSR count). The van der Waals surface area contributed by atoms with Gasteiger partial charge in [-0.2, -0.15) is 0 Å². The van der Waals surface area contributed by atoms with Crippen LogP contribution in [0.25, 0.3) is 11.3 Å². The first-order valence-electron chi connectivity index (χ1n) is 8.30. The van der Waals surface area contributed by atoms with E-state index in [1.807, 2.05) is 0 Å². The minimum Gasteiger partial charge on any atom is -0.494 e. The van der Waals surface area contributed by atoms with Gasteiger partial charge in [0.15, 0.2) is 11.6 Å². The number of nitrogens with one attached hydrogen (secondary N) is 1. The second-order valence-electron chi connectivity index (χ2n) is 6.04.